The van der Waals surface area contributed by atoms with Crippen LogP contribution in [0, 0.1) is 5.92 Å². The van der Waals surface area contributed by atoms with Gasteiger partial charge in [-0.05, 0) is 59.1 Å². The van der Waals surface area contributed by atoms with Crippen molar-refractivity contribution in [2.75, 3.05) is 13.2 Å². The van der Waals surface area contributed by atoms with E-state index >= 15 is 0 Å². The van der Waals surface area contributed by atoms with E-state index in [4.69, 9.17) is 4.74 Å². The minimum absolute atomic E-state index is 0.0599. The summed E-state index contributed by atoms with van der Waals surface area (Å²) >= 11 is 0. The van der Waals surface area contributed by atoms with Crippen LogP contribution in [-0.2, 0) is 0 Å². The Morgan fingerprint density at radius 3 is 2.46 bits per heavy atom. The second-order valence-corrected chi connectivity index (χ2v) is 8.23. The summed E-state index contributed by atoms with van der Waals surface area (Å²) in [6.45, 7) is 21.3. The van der Waals surface area contributed by atoms with Crippen LogP contribution in [0.1, 0.15) is 60.5 Å². The van der Waals surface area contributed by atoms with Crippen LogP contribution in [0.15, 0.2) is 30.8 Å². The number of nitrogens with one attached hydrogen (secondary N) is 2. The molecule has 0 aliphatic carbocycles. The normalized spacial score (nSPS) is 13.5. The van der Waals surface area contributed by atoms with Crippen molar-refractivity contribution in [3.63, 3.8) is 0 Å². The van der Waals surface area contributed by atoms with Gasteiger partial charge in [-0.25, -0.2) is 0 Å². The maximum Gasteiger partial charge on any atom is 0.119 e. The zero-order valence-electron chi connectivity index (χ0n) is 16.6. The molecule has 136 valence electrons. The fourth-order valence-electron chi connectivity index (χ4n) is 2.29. The van der Waals surface area contributed by atoms with Crippen LogP contribution in [0.25, 0.3) is 5.70 Å². The SMILES string of the molecule is C=C(NC(C)(C)C(C)CNC(C)(C)C)c1cccc(OCCC)c1. The molecular weight excluding hydrogens is 296 g/mol. The number of benzene rings is 1. The van der Waals surface area contributed by atoms with E-state index in [1.807, 2.05) is 12.1 Å². The van der Waals surface area contributed by atoms with Gasteiger partial charge in [0, 0.05) is 28.9 Å². The van der Waals surface area contributed by atoms with Crippen LogP contribution >= 0.6 is 0 Å². The Balaban J connectivity index is 2.71. The molecular formula is C21H36N2O. The first kappa shape index (κ1) is 20.6. The smallest absolute Gasteiger partial charge is 0.119 e. The van der Waals surface area contributed by atoms with Crippen molar-refractivity contribution >= 4 is 5.70 Å². The molecule has 2 N–H and O–H groups in total. The van der Waals surface area contributed by atoms with Crippen LogP contribution in [0.4, 0.5) is 0 Å². The average molecular weight is 333 g/mol. The minimum Gasteiger partial charge on any atom is -0.494 e. The third kappa shape index (κ3) is 6.96. The van der Waals surface area contributed by atoms with Crippen LogP contribution < -0.4 is 15.4 Å². The van der Waals surface area contributed by atoms with E-state index in [9.17, 15) is 0 Å². The molecule has 1 unspecified atom stereocenters. The summed E-state index contributed by atoms with van der Waals surface area (Å²) in [4.78, 5) is 0. The summed E-state index contributed by atoms with van der Waals surface area (Å²) in [6, 6.07) is 8.14. The van der Waals surface area contributed by atoms with Crippen LogP contribution in [0.3, 0.4) is 0 Å². The monoisotopic (exact) mass is 332 g/mol. The van der Waals surface area contributed by atoms with E-state index in [-0.39, 0.29) is 11.1 Å². The van der Waals surface area contributed by atoms with Crippen LogP contribution in [0.5, 0.6) is 5.75 Å². The Morgan fingerprint density at radius 2 is 1.88 bits per heavy atom. The van der Waals surface area contributed by atoms with Crippen molar-refractivity contribution in [1.82, 2.24) is 10.6 Å². The van der Waals surface area contributed by atoms with Crippen LogP contribution in [0.2, 0.25) is 0 Å². The van der Waals surface area contributed by atoms with E-state index in [1.54, 1.807) is 0 Å². The van der Waals surface area contributed by atoms with Gasteiger partial charge < -0.3 is 15.4 Å². The molecule has 1 atom stereocenters. The molecule has 0 saturated carbocycles. The second kappa shape index (κ2) is 8.57. The summed E-state index contributed by atoms with van der Waals surface area (Å²) in [5.74, 6) is 1.35. The van der Waals surface area contributed by atoms with Gasteiger partial charge in [-0.15, -0.1) is 0 Å². The van der Waals surface area contributed by atoms with Crippen molar-refractivity contribution in [2.45, 2.75) is 66.0 Å². The lowest BCUT2D eigenvalue weighted by atomic mass is 9.87. The molecule has 0 aromatic heterocycles. The van der Waals surface area contributed by atoms with Crippen molar-refractivity contribution in [2.24, 2.45) is 5.92 Å². The molecule has 3 heteroatoms. The lowest BCUT2D eigenvalue weighted by Crippen LogP contribution is -2.50. The molecule has 0 fully saturated rings. The van der Waals surface area contributed by atoms with Gasteiger partial charge in [0.25, 0.3) is 0 Å². The highest BCUT2D eigenvalue weighted by Crippen LogP contribution is 2.23. The second-order valence-electron chi connectivity index (χ2n) is 8.23. The van der Waals surface area contributed by atoms with Crippen LogP contribution in [-0.4, -0.2) is 24.2 Å². The third-order valence-corrected chi connectivity index (χ3v) is 4.30. The predicted octanol–water partition coefficient (Wildman–Crippen LogP) is 4.84. The summed E-state index contributed by atoms with van der Waals surface area (Å²) in [5.41, 5.74) is 2.08. The Kier molecular flexibility index (Phi) is 7.34. The molecule has 0 aliphatic rings. The molecule has 24 heavy (non-hydrogen) atoms. The number of hydrogen-bond acceptors (Lipinski definition) is 3. The molecule has 1 rings (SSSR count). The minimum atomic E-state index is -0.0599. The number of ether oxygens (including phenoxy) is 1. The summed E-state index contributed by atoms with van der Waals surface area (Å²) in [5, 5.41) is 7.19. The standard InChI is InChI=1S/C21H36N2O/c1-9-13-24-19-12-10-11-18(14-19)17(3)23-21(7,8)16(2)15-22-20(4,5)6/h10-12,14,16,22-23H,3,9,13,15H2,1-2,4-8H3. The summed E-state index contributed by atoms with van der Waals surface area (Å²) in [6.07, 6.45) is 1.01. The maximum absolute atomic E-state index is 5.72. The third-order valence-electron chi connectivity index (χ3n) is 4.30. The lowest BCUT2D eigenvalue weighted by molar-refractivity contribution is 0.269. The van der Waals surface area contributed by atoms with Gasteiger partial charge in [0.15, 0.2) is 0 Å². The Morgan fingerprint density at radius 1 is 1.21 bits per heavy atom. The van der Waals surface area contributed by atoms with Crippen molar-refractivity contribution in [3.8, 4) is 5.75 Å². The fraction of sp³-hybridized carbons (Fsp3) is 0.619. The van der Waals surface area contributed by atoms with Crippen molar-refractivity contribution in [3.05, 3.63) is 36.4 Å². The first-order valence-corrected chi connectivity index (χ1v) is 9.00. The van der Waals surface area contributed by atoms with Gasteiger partial charge in [-0.3, -0.25) is 0 Å². The van der Waals surface area contributed by atoms with E-state index < -0.39 is 0 Å². The Labute approximate surface area is 148 Å². The Hall–Kier alpha value is -1.48. The number of rotatable bonds is 9. The molecule has 0 saturated heterocycles. The van der Waals surface area contributed by atoms with Gasteiger partial charge in [-0.2, -0.15) is 0 Å². The molecule has 0 aliphatic heterocycles. The topological polar surface area (TPSA) is 33.3 Å². The highest BCUT2D eigenvalue weighted by atomic mass is 16.5. The van der Waals surface area contributed by atoms with E-state index in [1.165, 1.54) is 0 Å². The van der Waals surface area contributed by atoms with Crippen molar-refractivity contribution < 1.29 is 4.74 Å². The predicted molar refractivity (Wildman–Crippen MR) is 105 cm³/mol. The summed E-state index contributed by atoms with van der Waals surface area (Å²) < 4.78 is 5.72. The van der Waals surface area contributed by atoms with Gasteiger partial charge in [-0.1, -0.05) is 32.6 Å². The molecule has 0 radical (unpaired) electrons. The highest BCUT2D eigenvalue weighted by Gasteiger charge is 2.27. The largest absolute Gasteiger partial charge is 0.494 e. The molecule has 0 heterocycles. The average Bonchev–Trinajstić information content (AvgIpc) is 2.49. The van der Waals surface area contributed by atoms with Gasteiger partial charge >= 0.3 is 0 Å². The van der Waals surface area contributed by atoms with E-state index in [2.05, 4.69) is 77.8 Å². The van der Waals surface area contributed by atoms with E-state index in [0.29, 0.717) is 5.92 Å². The molecule has 1 aromatic carbocycles. The van der Waals surface area contributed by atoms with Gasteiger partial charge in [0.2, 0.25) is 0 Å². The van der Waals surface area contributed by atoms with Gasteiger partial charge in [0.05, 0.1) is 6.61 Å². The maximum atomic E-state index is 5.72. The highest BCUT2D eigenvalue weighted by molar-refractivity contribution is 5.63. The molecule has 0 bridgehead atoms. The Bertz CT molecular complexity index is 529. The molecule has 0 amide bonds. The fourth-order valence-corrected chi connectivity index (χ4v) is 2.29. The zero-order chi connectivity index (χ0) is 18.4. The number of hydrogen-bond donors (Lipinski definition) is 2. The summed E-state index contributed by atoms with van der Waals surface area (Å²) in [7, 11) is 0. The molecule has 3 nitrogen and oxygen atoms in total. The van der Waals surface area contributed by atoms with E-state index in [0.717, 1.165) is 36.6 Å². The lowest BCUT2D eigenvalue weighted by Gasteiger charge is -2.36. The quantitative estimate of drug-likeness (QED) is 0.679. The molecule has 1 aromatic rings. The zero-order valence-corrected chi connectivity index (χ0v) is 16.6. The first-order chi connectivity index (χ1) is 11.0. The first-order valence-electron chi connectivity index (χ1n) is 9.00. The van der Waals surface area contributed by atoms with Crippen molar-refractivity contribution in [1.29, 1.82) is 0 Å². The molecule has 0 spiro atoms. The van der Waals surface area contributed by atoms with Gasteiger partial charge in [0.1, 0.15) is 5.75 Å².